The van der Waals surface area contributed by atoms with E-state index >= 15 is 0 Å². The van der Waals surface area contributed by atoms with Crippen molar-refractivity contribution in [1.29, 1.82) is 0 Å². The normalized spacial score (nSPS) is 22.9. The Morgan fingerprint density at radius 2 is 1.37 bits per heavy atom. The van der Waals surface area contributed by atoms with Crippen molar-refractivity contribution in [3.8, 4) is 0 Å². The molecule has 0 aliphatic carbocycles. The first kappa shape index (κ1) is 30.4. The molecule has 1 saturated heterocycles. The number of rotatable bonds is 16. The van der Waals surface area contributed by atoms with Gasteiger partial charge in [0.2, 0.25) is 0 Å². The van der Waals surface area contributed by atoms with Gasteiger partial charge in [0.15, 0.2) is 6.29 Å². The number of ether oxygens (including phenoxy) is 5. The highest BCUT2D eigenvalue weighted by Crippen LogP contribution is 2.31. The van der Waals surface area contributed by atoms with E-state index in [1.54, 1.807) is 6.08 Å². The zero-order chi connectivity index (χ0) is 28.7. The Kier molecular flexibility index (Phi) is 12.4. The standard InChI is InChI=1S/C32H37N3O6/c1-2-12-27(36)22-40-32-29(34-35-33)31(39-21-26-17-10-5-11-18-26)30(38-20-25-15-8-4-9-16-25)28(41-32)23-37-19-24-13-6-3-7-14-24/h2-11,13-18,27-32,36H,1,12,19-23H2/t27?,28-,29+,30-,31-,32-/m1/s1. The zero-order valence-electron chi connectivity index (χ0n) is 23.0. The van der Waals surface area contributed by atoms with Gasteiger partial charge < -0.3 is 28.8 Å². The molecule has 1 aliphatic heterocycles. The summed E-state index contributed by atoms with van der Waals surface area (Å²) < 4.78 is 31.3. The van der Waals surface area contributed by atoms with Crippen molar-refractivity contribution in [2.75, 3.05) is 13.2 Å². The number of nitrogens with zero attached hydrogens (tertiary/aromatic N) is 3. The van der Waals surface area contributed by atoms with Crippen LogP contribution >= 0.6 is 0 Å². The van der Waals surface area contributed by atoms with E-state index in [0.29, 0.717) is 19.6 Å². The van der Waals surface area contributed by atoms with Crippen molar-refractivity contribution in [3.63, 3.8) is 0 Å². The second kappa shape index (κ2) is 16.7. The molecule has 41 heavy (non-hydrogen) atoms. The second-order valence-electron chi connectivity index (χ2n) is 9.77. The molecule has 4 rings (SSSR count). The molecular weight excluding hydrogens is 522 g/mol. The average molecular weight is 560 g/mol. The van der Waals surface area contributed by atoms with Crippen LogP contribution < -0.4 is 0 Å². The molecule has 0 radical (unpaired) electrons. The Labute approximate surface area is 240 Å². The second-order valence-corrected chi connectivity index (χ2v) is 9.77. The van der Waals surface area contributed by atoms with E-state index in [2.05, 4.69) is 16.6 Å². The van der Waals surface area contributed by atoms with Gasteiger partial charge in [-0.05, 0) is 28.6 Å². The van der Waals surface area contributed by atoms with E-state index in [1.807, 2.05) is 91.0 Å². The first-order chi connectivity index (χ1) is 20.2. The van der Waals surface area contributed by atoms with Gasteiger partial charge in [-0.1, -0.05) is 102 Å². The molecule has 216 valence electrons. The van der Waals surface area contributed by atoms with Crippen molar-refractivity contribution >= 4 is 0 Å². The number of aliphatic hydroxyl groups excluding tert-OH is 1. The number of benzene rings is 3. The van der Waals surface area contributed by atoms with Gasteiger partial charge in [0, 0.05) is 4.91 Å². The molecule has 9 nitrogen and oxygen atoms in total. The van der Waals surface area contributed by atoms with Gasteiger partial charge in [-0.2, -0.15) is 0 Å². The predicted octanol–water partition coefficient (Wildman–Crippen LogP) is 5.73. The van der Waals surface area contributed by atoms with Crippen molar-refractivity contribution in [2.45, 2.75) is 63.0 Å². The fourth-order valence-corrected chi connectivity index (χ4v) is 4.61. The lowest BCUT2D eigenvalue weighted by molar-refractivity contribution is -0.289. The maximum absolute atomic E-state index is 10.3. The molecule has 6 atom stereocenters. The molecule has 3 aromatic rings. The Morgan fingerprint density at radius 3 is 1.90 bits per heavy atom. The SMILES string of the molecule is C=CCC(O)CO[C@@H]1O[C@H](COCc2ccccc2)[C@@H](OCc2ccccc2)[C@H](OCc2ccccc2)[C@@H]1N=[N+]=[N-]. The molecule has 1 N–H and O–H groups in total. The smallest absolute Gasteiger partial charge is 0.169 e. The third-order valence-electron chi connectivity index (χ3n) is 6.66. The van der Waals surface area contributed by atoms with Crippen LogP contribution in [-0.2, 0) is 43.5 Å². The number of azide groups is 1. The largest absolute Gasteiger partial charge is 0.390 e. The topological polar surface area (TPSA) is 115 Å². The summed E-state index contributed by atoms with van der Waals surface area (Å²) in [6.45, 7) is 4.74. The van der Waals surface area contributed by atoms with Gasteiger partial charge in [0.1, 0.15) is 24.4 Å². The molecule has 0 bridgehead atoms. The van der Waals surface area contributed by atoms with Crippen molar-refractivity contribution < 1.29 is 28.8 Å². The van der Waals surface area contributed by atoms with Crippen LogP contribution in [-0.4, -0.2) is 55.1 Å². The van der Waals surface area contributed by atoms with Crippen molar-refractivity contribution in [2.24, 2.45) is 5.11 Å². The summed E-state index contributed by atoms with van der Waals surface area (Å²) in [5.41, 5.74) is 12.4. The Bertz CT molecular complexity index is 1210. The van der Waals surface area contributed by atoms with E-state index in [9.17, 15) is 10.6 Å². The fourth-order valence-electron chi connectivity index (χ4n) is 4.61. The molecule has 1 aliphatic rings. The van der Waals surface area contributed by atoms with Crippen LogP contribution in [0, 0.1) is 0 Å². The predicted molar refractivity (Wildman–Crippen MR) is 155 cm³/mol. The Hall–Kier alpha value is -3.53. The average Bonchev–Trinajstić information content (AvgIpc) is 3.01. The van der Waals surface area contributed by atoms with Crippen LogP contribution in [0.3, 0.4) is 0 Å². The summed E-state index contributed by atoms with van der Waals surface area (Å²) in [5, 5.41) is 14.3. The highest BCUT2D eigenvalue weighted by molar-refractivity contribution is 5.15. The minimum Gasteiger partial charge on any atom is -0.390 e. The van der Waals surface area contributed by atoms with Crippen molar-refractivity contribution in [3.05, 3.63) is 131 Å². The summed E-state index contributed by atoms with van der Waals surface area (Å²) in [7, 11) is 0. The van der Waals surface area contributed by atoms with E-state index in [4.69, 9.17) is 23.7 Å². The summed E-state index contributed by atoms with van der Waals surface area (Å²) in [5.74, 6) is 0. The number of aliphatic hydroxyl groups is 1. The van der Waals surface area contributed by atoms with Gasteiger partial charge in [-0.3, -0.25) is 0 Å². The number of hydrogen-bond donors (Lipinski definition) is 1. The third-order valence-corrected chi connectivity index (χ3v) is 6.66. The fraction of sp³-hybridized carbons (Fsp3) is 0.375. The van der Waals surface area contributed by atoms with Gasteiger partial charge >= 0.3 is 0 Å². The molecular formula is C32H37N3O6. The van der Waals surface area contributed by atoms with Crippen molar-refractivity contribution in [1.82, 2.24) is 0 Å². The molecule has 1 fully saturated rings. The lowest BCUT2D eigenvalue weighted by Crippen LogP contribution is -2.60. The van der Waals surface area contributed by atoms with Crippen LogP contribution in [0.1, 0.15) is 23.1 Å². The molecule has 0 spiro atoms. The molecule has 1 heterocycles. The van der Waals surface area contributed by atoms with Gasteiger partial charge in [0.25, 0.3) is 0 Å². The molecule has 3 aromatic carbocycles. The molecule has 0 aromatic heterocycles. The maximum atomic E-state index is 10.3. The van der Waals surface area contributed by atoms with E-state index in [1.165, 1.54) is 0 Å². The van der Waals surface area contributed by atoms with Gasteiger partial charge in [0.05, 0.1) is 39.1 Å². The summed E-state index contributed by atoms with van der Waals surface area (Å²) in [4.78, 5) is 3.08. The summed E-state index contributed by atoms with van der Waals surface area (Å²) in [6.07, 6.45) is -1.81. The van der Waals surface area contributed by atoms with Crippen LogP contribution in [0.4, 0.5) is 0 Å². The van der Waals surface area contributed by atoms with Crippen LogP contribution in [0.15, 0.2) is 109 Å². The van der Waals surface area contributed by atoms with E-state index in [0.717, 1.165) is 16.7 Å². The zero-order valence-corrected chi connectivity index (χ0v) is 23.0. The lowest BCUT2D eigenvalue weighted by Gasteiger charge is -2.44. The minimum atomic E-state index is -0.993. The Balaban J connectivity index is 1.59. The monoisotopic (exact) mass is 559 g/mol. The van der Waals surface area contributed by atoms with Crippen LogP contribution in [0.5, 0.6) is 0 Å². The number of hydrogen-bond acceptors (Lipinski definition) is 7. The van der Waals surface area contributed by atoms with E-state index in [-0.39, 0.29) is 19.8 Å². The van der Waals surface area contributed by atoms with Gasteiger partial charge in [-0.25, -0.2) is 0 Å². The van der Waals surface area contributed by atoms with Gasteiger partial charge in [-0.15, -0.1) is 6.58 Å². The van der Waals surface area contributed by atoms with Crippen LogP contribution in [0.2, 0.25) is 0 Å². The summed E-state index contributed by atoms with van der Waals surface area (Å²) in [6, 6.07) is 28.5. The molecule has 1 unspecified atom stereocenters. The quantitative estimate of drug-likeness (QED) is 0.104. The Morgan fingerprint density at radius 1 is 0.829 bits per heavy atom. The third kappa shape index (κ3) is 9.52. The maximum Gasteiger partial charge on any atom is 0.169 e. The van der Waals surface area contributed by atoms with Crippen LogP contribution in [0.25, 0.3) is 10.4 Å². The first-order valence-electron chi connectivity index (χ1n) is 13.7. The highest BCUT2D eigenvalue weighted by Gasteiger charge is 2.48. The van der Waals surface area contributed by atoms with E-state index < -0.39 is 36.7 Å². The summed E-state index contributed by atoms with van der Waals surface area (Å²) >= 11 is 0. The first-order valence-corrected chi connectivity index (χ1v) is 13.7. The minimum absolute atomic E-state index is 0.0350. The molecule has 0 amide bonds. The highest BCUT2D eigenvalue weighted by atomic mass is 16.7. The molecule has 0 saturated carbocycles. The lowest BCUT2D eigenvalue weighted by atomic mass is 9.96. The molecule has 9 heteroatoms.